The number of carbonyl (C=O) groups is 2. The van der Waals surface area contributed by atoms with Gasteiger partial charge in [0.25, 0.3) is 11.5 Å². The summed E-state index contributed by atoms with van der Waals surface area (Å²) in [6, 6.07) is 3.72. The van der Waals surface area contributed by atoms with Crippen molar-refractivity contribution in [2.24, 2.45) is 0 Å². The number of rotatable bonds is 9. The predicted molar refractivity (Wildman–Crippen MR) is 123 cm³/mol. The fraction of sp³-hybridized carbons (Fsp3) is 0.478. The zero-order chi connectivity index (χ0) is 24.9. The number of anilines is 1. The number of H-pyrrole nitrogens is 1. The Labute approximate surface area is 200 Å². The summed E-state index contributed by atoms with van der Waals surface area (Å²) in [5.41, 5.74) is -0.0459. The molecule has 2 aliphatic heterocycles. The number of amides is 3. The fourth-order valence-corrected chi connectivity index (χ4v) is 4.21. The van der Waals surface area contributed by atoms with Crippen molar-refractivity contribution >= 4 is 17.6 Å². The van der Waals surface area contributed by atoms with Crippen molar-refractivity contribution < 1.29 is 28.6 Å². The third-order valence-electron chi connectivity index (χ3n) is 6.16. The van der Waals surface area contributed by atoms with E-state index in [1.165, 1.54) is 23.1 Å². The molecule has 0 radical (unpaired) electrons. The third kappa shape index (κ3) is 5.34. The van der Waals surface area contributed by atoms with Crippen LogP contribution in [0.2, 0.25) is 0 Å². The normalized spacial score (nSPS) is 17.9. The first-order valence-electron chi connectivity index (χ1n) is 11.4. The monoisotopic (exact) mass is 489 g/mol. The van der Waals surface area contributed by atoms with E-state index >= 15 is 0 Å². The Balaban J connectivity index is 1.54. The number of ether oxygens (including phenoxy) is 2. The number of halogens is 1. The van der Waals surface area contributed by atoms with Gasteiger partial charge in [0.15, 0.2) is 0 Å². The van der Waals surface area contributed by atoms with Crippen LogP contribution in [-0.2, 0) is 22.6 Å². The molecule has 1 unspecified atom stereocenters. The van der Waals surface area contributed by atoms with Gasteiger partial charge in [-0.25, -0.2) is 14.2 Å². The van der Waals surface area contributed by atoms with Crippen LogP contribution in [0.15, 0.2) is 23.0 Å². The average Bonchev–Trinajstić information content (AvgIpc) is 3.51. The number of aromatic amines is 1. The Morgan fingerprint density at radius 3 is 2.91 bits per heavy atom. The molecule has 188 valence electrons. The van der Waals surface area contributed by atoms with E-state index < -0.39 is 23.9 Å². The van der Waals surface area contributed by atoms with Gasteiger partial charge >= 0.3 is 6.03 Å². The SMILES string of the molecule is COCCN1CCN(c2cc(F)ccc2CNC(=O)c2nc(C3CCOC3)[nH]c(=O)c2CO)C1=O. The lowest BCUT2D eigenvalue weighted by molar-refractivity contribution is 0.0941. The van der Waals surface area contributed by atoms with Crippen LogP contribution in [0.4, 0.5) is 14.9 Å². The molecule has 2 saturated heterocycles. The largest absolute Gasteiger partial charge is 0.391 e. The molecule has 3 N–H and O–H groups in total. The maximum Gasteiger partial charge on any atom is 0.324 e. The molecule has 3 heterocycles. The first-order valence-corrected chi connectivity index (χ1v) is 11.4. The second-order valence-electron chi connectivity index (χ2n) is 8.37. The molecule has 3 amide bonds. The highest BCUT2D eigenvalue weighted by atomic mass is 19.1. The summed E-state index contributed by atoms with van der Waals surface area (Å²) in [6.07, 6.45) is 0.659. The highest BCUT2D eigenvalue weighted by Gasteiger charge is 2.31. The van der Waals surface area contributed by atoms with Gasteiger partial charge in [0.05, 0.1) is 31.1 Å². The van der Waals surface area contributed by atoms with Crippen LogP contribution in [0, 0.1) is 5.82 Å². The molecule has 2 aromatic rings. The minimum absolute atomic E-state index is 0.0441. The Morgan fingerprint density at radius 2 is 2.20 bits per heavy atom. The van der Waals surface area contributed by atoms with Crippen molar-refractivity contribution in [1.29, 1.82) is 0 Å². The summed E-state index contributed by atoms with van der Waals surface area (Å²) >= 11 is 0. The van der Waals surface area contributed by atoms with Crippen molar-refractivity contribution in [1.82, 2.24) is 20.2 Å². The standard InChI is InChI=1S/C23H28FN5O6/c1-34-9-7-28-5-6-29(23(28)33)18-10-16(24)3-2-14(18)11-25-22(32)19-17(12-30)21(31)27-20(26-19)15-4-8-35-13-15/h2-3,10,15,30H,4-9,11-13H2,1H3,(H,25,32)(H,26,27,31). The number of nitrogens with zero attached hydrogens (tertiary/aromatic N) is 3. The van der Waals surface area contributed by atoms with E-state index in [-0.39, 0.29) is 29.8 Å². The van der Waals surface area contributed by atoms with Gasteiger partial charge in [0, 0.05) is 45.8 Å². The summed E-state index contributed by atoms with van der Waals surface area (Å²) in [7, 11) is 1.55. The minimum Gasteiger partial charge on any atom is -0.391 e. The number of nitrogens with one attached hydrogen (secondary N) is 2. The van der Waals surface area contributed by atoms with Crippen molar-refractivity contribution in [3.63, 3.8) is 0 Å². The van der Waals surface area contributed by atoms with E-state index in [0.29, 0.717) is 63.0 Å². The molecule has 1 aromatic heterocycles. The van der Waals surface area contributed by atoms with Crippen LogP contribution in [-0.4, -0.2) is 78.5 Å². The van der Waals surface area contributed by atoms with Crippen LogP contribution in [0.1, 0.15) is 39.8 Å². The molecule has 0 bridgehead atoms. The zero-order valence-corrected chi connectivity index (χ0v) is 19.4. The van der Waals surface area contributed by atoms with Gasteiger partial charge in [-0.15, -0.1) is 0 Å². The lowest BCUT2D eigenvalue weighted by atomic mass is 10.1. The third-order valence-corrected chi connectivity index (χ3v) is 6.16. The number of hydrogen-bond acceptors (Lipinski definition) is 7. The molecule has 1 aromatic carbocycles. The predicted octanol–water partition coefficient (Wildman–Crippen LogP) is 0.724. The van der Waals surface area contributed by atoms with E-state index in [9.17, 15) is 23.9 Å². The quantitative estimate of drug-likeness (QED) is 0.472. The van der Waals surface area contributed by atoms with Crippen LogP contribution >= 0.6 is 0 Å². The number of carbonyl (C=O) groups excluding carboxylic acids is 2. The number of aliphatic hydroxyl groups is 1. The van der Waals surface area contributed by atoms with E-state index in [1.807, 2.05) is 0 Å². The Bertz CT molecular complexity index is 1150. The number of hydrogen-bond donors (Lipinski definition) is 3. The number of benzene rings is 1. The molecule has 0 spiro atoms. The van der Waals surface area contributed by atoms with E-state index in [1.54, 1.807) is 12.0 Å². The number of aliphatic hydroxyl groups excluding tert-OH is 1. The van der Waals surface area contributed by atoms with Crippen molar-refractivity contribution in [2.75, 3.05) is 51.5 Å². The van der Waals surface area contributed by atoms with Gasteiger partial charge in [-0.05, 0) is 24.1 Å². The molecule has 2 fully saturated rings. The highest BCUT2D eigenvalue weighted by Crippen LogP contribution is 2.26. The van der Waals surface area contributed by atoms with Crippen molar-refractivity contribution in [2.45, 2.75) is 25.5 Å². The number of aromatic nitrogens is 2. The van der Waals surface area contributed by atoms with E-state index in [4.69, 9.17) is 9.47 Å². The second kappa shape index (κ2) is 10.9. The lowest BCUT2D eigenvalue weighted by Gasteiger charge is -2.21. The second-order valence-corrected chi connectivity index (χ2v) is 8.37. The number of methoxy groups -OCH3 is 1. The summed E-state index contributed by atoms with van der Waals surface area (Å²) in [4.78, 5) is 48.3. The van der Waals surface area contributed by atoms with Crippen molar-refractivity contribution in [3.05, 3.63) is 57.0 Å². The fourth-order valence-electron chi connectivity index (χ4n) is 4.21. The molecular formula is C23H28FN5O6. The zero-order valence-electron chi connectivity index (χ0n) is 19.4. The molecular weight excluding hydrogens is 461 g/mol. The van der Waals surface area contributed by atoms with Gasteiger partial charge in [0.1, 0.15) is 17.3 Å². The first kappa shape index (κ1) is 24.8. The summed E-state index contributed by atoms with van der Waals surface area (Å²) < 4.78 is 24.5. The van der Waals surface area contributed by atoms with Crippen LogP contribution < -0.4 is 15.8 Å². The molecule has 1 atom stereocenters. The molecule has 2 aliphatic rings. The molecule has 0 aliphatic carbocycles. The van der Waals surface area contributed by atoms with Gasteiger partial charge in [-0.2, -0.15) is 0 Å². The van der Waals surface area contributed by atoms with Crippen LogP contribution in [0.25, 0.3) is 0 Å². The van der Waals surface area contributed by atoms with Crippen molar-refractivity contribution in [3.8, 4) is 0 Å². The average molecular weight is 490 g/mol. The van der Waals surface area contributed by atoms with Crippen LogP contribution in [0.5, 0.6) is 0 Å². The first-order chi connectivity index (χ1) is 16.9. The topological polar surface area (TPSA) is 137 Å². The maximum atomic E-state index is 14.1. The summed E-state index contributed by atoms with van der Waals surface area (Å²) in [6.45, 7) is 1.84. The Hall–Kier alpha value is -3.35. The van der Waals surface area contributed by atoms with E-state index in [0.717, 1.165) is 0 Å². The van der Waals surface area contributed by atoms with Gasteiger partial charge in [0.2, 0.25) is 0 Å². The highest BCUT2D eigenvalue weighted by molar-refractivity contribution is 5.96. The molecule has 4 rings (SSSR count). The summed E-state index contributed by atoms with van der Waals surface area (Å²) in [5, 5.41) is 12.3. The molecule has 0 saturated carbocycles. The molecule has 12 heteroatoms. The Kier molecular flexibility index (Phi) is 7.73. The van der Waals surface area contributed by atoms with Crippen LogP contribution in [0.3, 0.4) is 0 Å². The van der Waals surface area contributed by atoms with Gasteiger partial charge < -0.3 is 29.8 Å². The maximum absolute atomic E-state index is 14.1. The molecule has 35 heavy (non-hydrogen) atoms. The van der Waals surface area contributed by atoms with Gasteiger partial charge in [-0.3, -0.25) is 14.5 Å². The molecule has 11 nitrogen and oxygen atoms in total. The Morgan fingerprint density at radius 1 is 1.37 bits per heavy atom. The lowest BCUT2D eigenvalue weighted by Crippen LogP contribution is -2.35. The minimum atomic E-state index is -0.662. The smallest absolute Gasteiger partial charge is 0.324 e. The van der Waals surface area contributed by atoms with Gasteiger partial charge in [-0.1, -0.05) is 6.07 Å². The van der Waals surface area contributed by atoms with E-state index in [2.05, 4.69) is 15.3 Å². The number of urea groups is 1. The summed E-state index contributed by atoms with van der Waals surface area (Å²) in [5.74, 6) is -0.991.